The number of hydrogen-bond acceptors (Lipinski definition) is 4. The maximum absolute atomic E-state index is 10.9. The Labute approximate surface area is 105 Å². The number of anilines is 1. The molecule has 0 atom stereocenters. The third-order valence-electron chi connectivity index (χ3n) is 2.14. The summed E-state index contributed by atoms with van der Waals surface area (Å²) in [4.78, 5) is 10.9. The zero-order valence-corrected chi connectivity index (χ0v) is 10.7. The van der Waals surface area contributed by atoms with Gasteiger partial charge in [-0.15, -0.1) is 0 Å². The Kier molecular flexibility index (Phi) is 4.84. The van der Waals surface area contributed by atoms with Crippen LogP contribution in [0.25, 0.3) is 0 Å². The summed E-state index contributed by atoms with van der Waals surface area (Å²) in [6.45, 7) is 1.89. The first-order valence-corrected chi connectivity index (χ1v) is 5.31. The van der Waals surface area contributed by atoms with E-state index in [0.29, 0.717) is 10.8 Å². The molecule has 0 bridgehead atoms. The van der Waals surface area contributed by atoms with Crippen molar-refractivity contribution >= 4 is 23.3 Å². The highest BCUT2D eigenvalue weighted by atomic mass is 35.5. The minimum absolute atomic E-state index is 0.429. The van der Waals surface area contributed by atoms with E-state index in [1.165, 1.54) is 19.4 Å². The zero-order valence-electron chi connectivity index (χ0n) is 9.91. The summed E-state index contributed by atoms with van der Waals surface area (Å²) in [7, 11) is 2.87. The summed E-state index contributed by atoms with van der Waals surface area (Å²) in [5, 5.41) is 3.56. The number of halogens is 1. The molecule has 0 aliphatic heterocycles. The third kappa shape index (κ3) is 3.67. The van der Waals surface area contributed by atoms with Crippen LogP contribution in [-0.2, 0) is 9.53 Å². The number of benzene rings is 1. The largest absolute Gasteiger partial charge is 0.495 e. The second kappa shape index (κ2) is 6.15. The molecule has 1 rings (SSSR count). The van der Waals surface area contributed by atoms with Crippen molar-refractivity contribution in [1.29, 1.82) is 0 Å². The van der Waals surface area contributed by atoms with E-state index in [4.69, 9.17) is 16.3 Å². The fourth-order valence-electron chi connectivity index (χ4n) is 1.21. The summed E-state index contributed by atoms with van der Waals surface area (Å²) in [6, 6.07) is 3.55. The Morgan fingerprint density at radius 3 is 2.71 bits per heavy atom. The minimum Gasteiger partial charge on any atom is -0.495 e. The minimum atomic E-state index is -0.429. The summed E-state index contributed by atoms with van der Waals surface area (Å²) in [5.74, 6) is 0.178. The molecule has 0 unspecified atom stereocenters. The average molecular weight is 256 g/mol. The predicted molar refractivity (Wildman–Crippen MR) is 67.5 cm³/mol. The monoisotopic (exact) mass is 255 g/mol. The van der Waals surface area contributed by atoms with Crippen molar-refractivity contribution < 1.29 is 14.3 Å². The van der Waals surface area contributed by atoms with Crippen LogP contribution < -0.4 is 10.1 Å². The molecular formula is C12H14ClNO3. The van der Waals surface area contributed by atoms with Crippen molar-refractivity contribution in [3.05, 3.63) is 35.0 Å². The number of esters is 1. The van der Waals surface area contributed by atoms with Crippen LogP contribution in [0.15, 0.2) is 24.4 Å². The molecule has 17 heavy (non-hydrogen) atoms. The number of rotatable bonds is 4. The number of ether oxygens (including phenoxy) is 2. The van der Waals surface area contributed by atoms with Gasteiger partial charge >= 0.3 is 5.97 Å². The van der Waals surface area contributed by atoms with E-state index in [0.717, 1.165) is 11.3 Å². The maximum Gasteiger partial charge on any atom is 0.331 e. The van der Waals surface area contributed by atoms with Crippen molar-refractivity contribution in [3.8, 4) is 5.75 Å². The van der Waals surface area contributed by atoms with Crippen LogP contribution in [0, 0.1) is 6.92 Å². The zero-order chi connectivity index (χ0) is 12.8. The maximum atomic E-state index is 10.9. The molecule has 4 nitrogen and oxygen atoms in total. The van der Waals surface area contributed by atoms with Crippen molar-refractivity contribution in [3.63, 3.8) is 0 Å². The van der Waals surface area contributed by atoms with Crippen LogP contribution in [0.3, 0.4) is 0 Å². The number of nitrogens with one attached hydrogen (secondary N) is 1. The molecule has 1 N–H and O–H groups in total. The normalized spacial score (nSPS) is 10.4. The molecule has 0 heterocycles. The van der Waals surface area contributed by atoms with E-state index in [9.17, 15) is 4.79 Å². The van der Waals surface area contributed by atoms with Gasteiger partial charge in [0.15, 0.2) is 0 Å². The van der Waals surface area contributed by atoms with Crippen LogP contribution in [0.1, 0.15) is 5.56 Å². The molecular weight excluding hydrogens is 242 g/mol. The number of methoxy groups -OCH3 is 2. The molecule has 1 aromatic rings. The molecule has 0 aliphatic carbocycles. The second-order valence-corrected chi connectivity index (χ2v) is 3.71. The smallest absolute Gasteiger partial charge is 0.331 e. The fourth-order valence-corrected chi connectivity index (χ4v) is 1.37. The first kappa shape index (κ1) is 13.4. The Morgan fingerprint density at radius 1 is 1.41 bits per heavy atom. The summed E-state index contributed by atoms with van der Waals surface area (Å²) < 4.78 is 9.64. The number of carbonyl (C=O) groups excluding carboxylic acids is 1. The van der Waals surface area contributed by atoms with Gasteiger partial charge in [-0.3, -0.25) is 0 Å². The molecule has 5 heteroatoms. The van der Waals surface area contributed by atoms with Crippen LogP contribution in [0.2, 0.25) is 5.02 Å². The van der Waals surface area contributed by atoms with Crippen LogP contribution in [0.4, 0.5) is 5.69 Å². The van der Waals surface area contributed by atoms with E-state index in [2.05, 4.69) is 10.1 Å². The van der Waals surface area contributed by atoms with Crippen LogP contribution in [0.5, 0.6) is 5.75 Å². The molecule has 0 saturated heterocycles. The predicted octanol–water partition coefficient (Wildman–Crippen LogP) is 2.76. The first-order chi connectivity index (χ1) is 8.08. The highest BCUT2D eigenvalue weighted by Gasteiger charge is 2.05. The van der Waals surface area contributed by atoms with Gasteiger partial charge in [0.05, 0.1) is 19.9 Å². The average Bonchev–Trinajstić information content (AvgIpc) is 2.32. The fraction of sp³-hybridized carbons (Fsp3) is 0.250. The van der Waals surface area contributed by atoms with Crippen molar-refractivity contribution in [2.24, 2.45) is 0 Å². The Hall–Kier alpha value is -1.68. The van der Waals surface area contributed by atoms with E-state index in [-0.39, 0.29) is 0 Å². The number of hydrogen-bond donors (Lipinski definition) is 1. The molecule has 1 aromatic carbocycles. The summed E-state index contributed by atoms with van der Waals surface area (Å²) >= 11 is 5.97. The highest BCUT2D eigenvalue weighted by molar-refractivity contribution is 6.31. The van der Waals surface area contributed by atoms with Crippen LogP contribution >= 0.6 is 11.6 Å². The topological polar surface area (TPSA) is 47.6 Å². The van der Waals surface area contributed by atoms with E-state index < -0.39 is 5.97 Å². The lowest BCUT2D eigenvalue weighted by Gasteiger charge is -2.10. The van der Waals surface area contributed by atoms with Gasteiger partial charge in [-0.1, -0.05) is 11.6 Å². The van der Waals surface area contributed by atoms with Gasteiger partial charge in [-0.25, -0.2) is 4.79 Å². The summed E-state index contributed by atoms with van der Waals surface area (Å²) in [5.41, 5.74) is 1.65. The third-order valence-corrected chi connectivity index (χ3v) is 2.55. The van der Waals surface area contributed by atoms with Crippen molar-refractivity contribution in [2.75, 3.05) is 19.5 Å². The SMILES string of the molecule is COC(=O)/C=C/Nc1cc(C)c(Cl)cc1OC. The Balaban J connectivity index is 2.86. The van der Waals surface area contributed by atoms with Crippen molar-refractivity contribution in [2.45, 2.75) is 6.92 Å². The molecule has 0 aliphatic rings. The van der Waals surface area contributed by atoms with Gasteiger partial charge in [0.2, 0.25) is 0 Å². The Morgan fingerprint density at radius 2 is 2.12 bits per heavy atom. The molecule has 92 valence electrons. The molecule has 0 spiro atoms. The highest BCUT2D eigenvalue weighted by Crippen LogP contribution is 2.30. The molecule has 0 amide bonds. The summed E-state index contributed by atoms with van der Waals surface area (Å²) in [6.07, 6.45) is 2.76. The lowest BCUT2D eigenvalue weighted by atomic mass is 10.2. The number of carbonyl (C=O) groups is 1. The first-order valence-electron chi connectivity index (χ1n) is 4.93. The number of aryl methyl sites for hydroxylation is 1. The standard InChI is InChI=1S/C12H14ClNO3/c1-8-6-10(11(16-2)7-9(8)13)14-5-4-12(15)17-3/h4-7,14H,1-3H3/b5-4+. The molecule has 0 aromatic heterocycles. The van der Waals surface area contributed by atoms with Crippen molar-refractivity contribution in [1.82, 2.24) is 0 Å². The quantitative estimate of drug-likeness (QED) is 0.664. The van der Waals surface area contributed by atoms with E-state index in [1.807, 2.05) is 13.0 Å². The van der Waals surface area contributed by atoms with Crippen LogP contribution in [-0.4, -0.2) is 20.2 Å². The van der Waals surface area contributed by atoms with Gasteiger partial charge in [0.1, 0.15) is 5.75 Å². The molecule has 0 fully saturated rings. The second-order valence-electron chi connectivity index (χ2n) is 3.30. The van der Waals surface area contributed by atoms with Gasteiger partial charge < -0.3 is 14.8 Å². The van der Waals surface area contributed by atoms with Gasteiger partial charge in [-0.2, -0.15) is 0 Å². The van der Waals surface area contributed by atoms with Gasteiger partial charge in [0.25, 0.3) is 0 Å². The van der Waals surface area contributed by atoms with Gasteiger partial charge in [-0.05, 0) is 18.6 Å². The lowest BCUT2D eigenvalue weighted by molar-refractivity contribution is -0.134. The molecule has 0 radical (unpaired) electrons. The van der Waals surface area contributed by atoms with E-state index in [1.54, 1.807) is 13.2 Å². The van der Waals surface area contributed by atoms with E-state index >= 15 is 0 Å². The lowest BCUT2D eigenvalue weighted by Crippen LogP contribution is -1.98. The van der Waals surface area contributed by atoms with Gasteiger partial charge in [0, 0.05) is 23.4 Å². The Bertz CT molecular complexity index is 444. The molecule has 0 saturated carbocycles.